The smallest absolute Gasteiger partial charge is 0.0894 e. The van der Waals surface area contributed by atoms with E-state index in [-0.39, 0.29) is 25.0 Å². The van der Waals surface area contributed by atoms with E-state index in [1.165, 1.54) is 0 Å². The first-order chi connectivity index (χ1) is 14.9. The third-order valence-corrected chi connectivity index (χ3v) is 4.20. The van der Waals surface area contributed by atoms with Gasteiger partial charge in [0.05, 0.1) is 34.2 Å². The first-order valence-electron chi connectivity index (χ1n) is 9.52. The fourth-order valence-electron chi connectivity index (χ4n) is 2.78. The molecule has 5 aromatic heterocycles. The molecule has 32 heavy (non-hydrogen) atoms. The van der Waals surface area contributed by atoms with Gasteiger partial charge in [-0.25, -0.2) is 4.98 Å². The third kappa shape index (κ3) is 6.67. The van der Waals surface area contributed by atoms with Gasteiger partial charge in [0.2, 0.25) is 0 Å². The van der Waals surface area contributed by atoms with Crippen LogP contribution in [0.1, 0.15) is 0 Å². The average Bonchev–Trinajstić information content (AvgIpc) is 2.87. The minimum atomic E-state index is 0. The van der Waals surface area contributed by atoms with Gasteiger partial charge in [0.1, 0.15) is 0 Å². The van der Waals surface area contributed by atoms with Crippen LogP contribution in [0.15, 0.2) is 116 Å². The van der Waals surface area contributed by atoms with Crippen LogP contribution >= 0.6 is 0 Å². The largest absolute Gasteiger partial charge is 0.412 e. The molecule has 0 amide bonds. The van der Waals surface area contributed by atoms with E-state index in [0.717, 1.165) is 34.2 Å². The maximum Gasteiger partial charge on any atom is 0.0894 e. The van der Waals surface area contributed by atoms with E-state index < -0.39 is 0 Å². The molecule has 0 saturated heterocycles. The minimum Gasteiger partial charge on any atom is -0.412 e. The van der Waals surface area contributed by atoms with Crippen molar-refractivity contribution in [2.75, 3.05) is 0 Å². The van der Waals surface area contributed by atoms with Gasteiger partial charge in [-0.15, -0.1) is 0 Å². The molecule has 0 bridgehead atoms. The number of nitrogens with zero attached hydrogens (tertiary/aromatic N) is 5. The Bertz CT molecular complexity index is 1090. The summed E-state index contributed by atoms with van der Waals surface area (Å²) in [5, 5.41) is 0. The zero-order chi connectivity index (χ0) is 20.4. The van der Waals surface area contributed by atoms with E-state index in [0.29, 0.717) is 0 Å². The van der Waals surface area contributed by atoms with Gasteiger partial charge in [-0.3, -0.25) is 19.9 Å². The van der Waals surface area contributed by atoms with Crippen molar-refractivity contribution in [1.82, 2.24) is 24.9 Å². The van der Waals surface area contributed by atoms with E-state index >= 15 is 0 Å². The molecule has 7 heteroatoms. The molecule has 0 aliphatic rings. The standard InChI is InChI=1S/C15H11N3.C10H8N2.H2O.Ru/c1-3-10-16-12(6-1)14-8-5-9-15(18-14)13-7-2-4-11-17-13;1-3-7-11-9(5-1)10-6-2-4-8-12-10;;/h1-11H;1-8H;1H2;. The van der Waals surface area contributed by atoms with E-state index in [2.05, 4.69) is 24.9 Å². The third-order valence-electron chi connectivity index (χ3n) is 4.20. The molecule has 0 aliphatic heterocycles. The summed E-state index contributed by atoms with van der Waals surface area (Å²) in [7, 11) is 0. The minimum absolute atomic E-state index is 0. The van der Waals surface area contributed by atoms with Crippen LogP contribution in [-0.2, 0) is 19.5 Å². The van der Waals surface area contributed by atoms with Crippen molar-refractivity contribution in [1.29, 1.82) is 0 Å². The number of rotatable bonds is 3. The van der Waals surface area contributed by atoms with Gasteiger partial charge in [-0.1, -0.05) is 30.3 Å². The molecule has 2 N–H and O–H groups in total. The quantitative estimate of drug-likeness (QED) is 0.334. The first-order valence-corrected chi connectivity index (χ1v) is 9.52. The summed E-state index contributed by atoms with van der Waals surface area (Å²) in [6, 6.07) is 29.1. The molecule has 0 saturated carbocycles. The second-order valence-electron chi connectivity index (χ2n) is 6.27. The average molecular weight is 509 g/mol. The summed E-state index contributed by atoms with van der Waals surface area (Å²) in [5.74, 6) is 0. The van der Waals surface area contributed by atoms with E-state index in [1.807, 2.05) is 91.0 Å². The predicted molar refractivity (Wildman–Crippen MR) is 122 cm³/mol. The molecule has 160 valence electrons. The zero-order valence-electron chi connectivity index (χ0n) is 17.1. The number of hydrogen-bond acceptors (Lipinski definition) is 5. The van der Waals surface area contributed by atoms with Crippen molar-refractivity contribution in [3.8, 4) is 34.2 Å². The monoisotopic (exact) mass is 509 g/mol. The Morgan fingerprint density at radius 2 is 0.625 bits per heavy atom. The maximum absolute atomic E-state index is 4.59. The molecular formula is C25H21N5ORu. The topological polar surface area (TPSA) is 96.0 Å². The van der Waals surface area contributed by atoms with Gasteiger partial charge in [0, 0.05) is 44.3 Å². The molecule has 0 spiro atoms. The van der Waals surface area contributed by atoms with Crippen molar-refractivity contribution in [2.24, 2.45) is 0 Å². The Balaban J connectivity index is 0.000000229. The summed E-state index contributed by atoms with van der Waals surface area (Å²) < 4.78 is 0. The summed E-state index contributed by atoms with van der Waals surface area (Å²) >= 11 is 0. The van der Waals surface area contributed by atoms with Crippen molar-refractivity contribution < 1.29 is 25.0 Å². The molecule has 0 fully saturated rings. The SMILES string of the molecule is O.[Ru].c1ccc(-c2cccc(-c3ccccn3)n2)nc1.c1ccc(-c2ccccn2)nc1. The van der Waals surface area contributed by atoms with Crippen molar-refractivity contribution in [2.45, 2.75) is 0 Å². The molecule has 0 aromatic carbocycles. The van der Waals surface area contributed by atoms with E-state index in [1.54, 1.807) is 24.8 Å². The molecule has 0 unspecified atom stereocenters. The first kappa shape index (κ1) is 24.6. The maximum atomic E-state index is 4.59. The van der Waals surface area contributed by atoms with Gasteiger partial charge < -0.3 is 5.48 Å². The summed E-state index contributed by atoms with van der Waals surface area (Å²) in [5.41, 5.74) is 5.29. The number of hydrogen-bond donors (Lipinski definition) is 0. The van der Waals surface area contributed by atoms with Crippen LogP contribution in [0.25, 0.3) is 34.2 Å². The number of aromatic nitrogens is 5. The Morgan fingerprint density at radius 3 is 0.906 bits per heavy atom. The summed E-state index contributed by atoms with van der Waals surface area (Å²) in [6.45, 7) is 0. The molecular weight excluding hydrogens is 487 g/mol. The molecule has 0 radical (unpaired) electrons. The Labute approximate surface area is 199 Å². The van der Waals surface area contributed by atoms with Crippen molar-refractivity contribution >= 4 is 0 Å². The molecule has 5 heterocycles. The summed E-state index contributed by atoms with van der Waals surface area (Å²) in [6.07, 6.45) is 7.07. The molecule has 0 aliphatic carbocycles. The van der Waals surface area contributed by atoms with Gasteiger partial charge >= 0.3 is 0 Å². The molecule has 0 atom stereocenters. The van der Waals surface area contributed by atoms with Crippen molar-refractivity contribution in [3.63, 3.8) is 0 Å². The fraction of sp³-hybridized carbons (Fsp3) is 0. The number of pyridine rings is 5. The fourth-order valence-corrected chi connectivity index (χ4v) is 2.78. The Hall–Kier alpha value is -3.67. The van der Waals surface area contributed by atoms with E-state index in [9.17, 15) is 0 Å². The molecule has 5 rings (SSSR count). The van der Waals surface area contributed by atoms with Crippen LogP contribution < -0.4 is 0 Å². The van der Waals surface area contributed by atoms with Crippen LogP contribution in [0.4, 0.5) is 0 Å². The Morgan fingerprint density at radius 1 is 0.344 bits per heavy atom. The van der Waals surface area contributed by atoms with Crippen LogP contribution in [0.5, 0.6) is 0 Å². The molecule has 6 nitrogen and oxygen atoms in total. The van der Waals surface area contributed by atoms with Crippen molar-refractivity contribution in [3.05, 3.63) is 116 Å². The van der Waals surface area contributed by atoms with Gasteiger partial charge in [-0.05, 0) is 60.7 Å². The zero-order valence-corrected chi connectivity index (χ0v) is 18.8. The van der Waals surface area contributed by atoms with Gasteiger partial charge in [-0.2, -0.15) is 0 Å². The summed E-state index contributed by atoms with van der Waals surface area (Å²) in [4.78, 5) is 21.6. The normalized spacial score (nSPS) is 9.38. The molecule has 5 aromatic rings. The van der Waals surface area contributed by atoms with Gasteiger partial charge in [0.25, 0.3) is 0 Å². The van der Waals surface area contributed by atoms with Crippen LogP contribution in [0, 0.1) is 0 Å². The van der Waals surface area contributed by atoms with Crippen LogP contribution in [0.2, 0.25) is 0 Å². The van der Waals surface area contributed by atoms with Gasteiger partial charge in [0.15, 0.2) is 0 Å². The second-order valence-corrected chi connectivity index (χ2v) is 6.27. The van der Waals surface area contributed by atoms with E-state index in [4.69, 9.17) is 0 Å². The Kier molecular flexibility index (Phi) is 9.92. The van der Waals surface area contributed by atoms with Crippen LogP contribution in [0.3, 0.4) is 0 Å². The predicted octanol–water partition coefficient (Wildman–Crippen LogP) is 4.52. The second kappa shape index (κ2) is 12.9. The van der Waals surface area contributed by atoms with Crippen LogP contribution in [-0.4, -0.2) is 30.4 Å².